The van der Waals surface area contributed by atoms with Crippen molar-refractivity contribution in [3.63, 3.8) is 0 Å². The Morgan fingerprint density at radius 3 is 2.79 bits per heavy atom. The monoisotopic (exact) mass is 262 g/mol. The van der Waals surface area contributed by atoms with E-state index in [0.29, 0.717) is 6.42 Å². The average Bonchev–Trinajstić information content (AvgIpc) is 2.29. The Balaban J connectivity index is 2.42. The highest BCUT2D eigenvalue weighted by Crippen LogP contribution is 2.37. The van der Waals surface area contributed by atoms with Gasteiger partial charge in [-0.1, -0.05) is 0 Å². The second-order valence-corrected chi connectivity index (χ2v) is 5.72. The Morgan fingerprint density at radius 2 is 2.16 bits per heavy atom. The average molecular weight is 262 g/mol. The third kappa shape index (κ3) is 2.78. The number of aliphatic imine (C=N–C) groups is 1. The highest BCUT2D eigenvalue weighted by molar-refractivity contribution is 5.96. The third-order valence-electron chi connectivity index (χ3n) is 3.47. The van der Waals surface area contributed by atoms with Crippen LogP contribution < -0.4 is 11.6 Å². The number of ether oxygens (including phenoxy) is 1. The molecule has 2 aliphatic rings. The van der Waals surface area contributed by atoms with Crippen LogP contribution in [0.5, 0.6) is 0 Å². The molecule has 0 radical (unpaired) electrons. The van der Waals surface area contributed by atoms with Crippen molar-refractivity contribution in [3.05, 3.63) is 35.7 Å². The molecule has 104 valence electrons. The zero-order valence-electron chi connectivity index (χ0n) is 12.0. The van der Waals surface area contributed by atoms with E-state index in [1.807, 2.05) is 39.1 Å². The van der Waals surface area contributed by atoms with Crippen LogP contribution in [0.25, 0.3) is 0 Å². The summed E-state index contributed by atoms with van der Waals surface area (Å²) in [6.45, 7) is 5.96. The van der Waals surface area contributed by atoms with Crippen molar-refractivity contribution in [2.75, 3.05) is 7.11 Å². The maximum Gasteiger partial charge on any atom is 0.138 e. The van der Waals surface area contributed by atoms with Crippen LogP contribution in [0.4, 0.5) is 0 Å². The number of dihydropyridines is 1. The number of rotatable bonds is 3. The first kappa shape index (κ1) is 14.0. The molecule has 5 heteroatoms. The van der Waals surface area contributed by atoms with Gasteiger partial charge in [0.05, 0.1) is 5.60 Å². The van der Waals surface area contributed by atoms with Crippen molar-refractivity contribution >= 4 is 5.71 Å². The maximum absolute atomic E-state index is 6.54. The second-order valence-electron chi connectivity index (χ2n) is 5.72. The van der Waals surface area contributed by atoms with Gasteiger partial charge in [0.15, 0.2) is 0 Å². The fourth-order valence-corrected chi connectivity index (χ4v) is 2.50. The summed E-state index contributed by atoms with van der Waals surface area (Å²) >= 11 is 0. The fraction of sp³-hybridized carbons (Fsp3) is 0.500. The molecule has 1 atom stereocenters. The van der Waals surface area contributed by atoms with Gasteiger partial charge in [0, 0.05) is 37.2 Å². The first-order chi connectivity index (χ1) is 8.76. The molecule has 0 saturated heterocycles. The van der Waals surface area contributed by atoms with Crippen LogP contribution in [0.1, 0.15) is 27.2 Å². The van der Waals surface area contributed by atoms with Gasteiger partial charge in [0.1, 0.15) is 5.66 Å². The predicted octanol–water partition coefficient (Wildman–Crippen LogP) is 1.44. The van der Waals surface area contributed by atoms with E-state index in [0.717, 1.165) is 16.9 Å². The normalized spacial score (nSPS) is 26.6. The molecule has 5 nitrogen and oxygen atoms in total. The molecule has 0 saturated carbocycles. The molecule has 1 unspecified atom stereocenters. The van der Waals surface area contributed by atoms with Crippen LogP contribution >= 0.6 is 0 Å². The van der Waals surface area contributed by atoms with E-state index in [2.05, 4.69) is 4.99 Å². The van der Waals surface area contributed by atoms with E-state index in [4.69, 9.17) is 16.3 Å². The van der Waals surface area contributed by atoms with Gasteiger partial charge in [-0.15, -0.1) is 0 Å². The Labute approximate surface area is 114 Å². The van der Waals surface area contributed by atoms with Crippen molar-refractivity contribution in [1.29, 1.82) is 0 Å². The van der Waals surface area contributed by atoms with Crippen LogP contribution in [-0.2, 0) is 4.74 Å². The summed E-state index contributed by atoms with van der Waals surface area (Å²) in [6.07, 6.45) is 8.18. The van der Waals surface area contributed by atoms with E-state index >= 15 is 0 Å². The Morgan fingerprint density at radius 1 is 1.47 bits per heavy atom. The summed E-state index contributed by atoms with van der Waals surface area (Å²) < 4.78 is 5.49. The molecule has 2 aliphatic heterocycles. The summed E-state index contributed by atoms with van der Waals surface area (Å²) in [4.78, 5) is 4.62. The molecular weight excluding hydrogens is 240 g/mol. The highest BCUT2D eigenvalue weighted by atomic mass is 16.5. The van der Waals surface area contributed by atoms with Crippen LogP contribution in [0.3, 0.4) is 0 Å². The van der Waals surface area contributed by atoms with Crippen molar-refractivity contribution in [2.45, 2.75) is 38.5 Å². The van der Waals surface area contributed by atoms with E-state index < -0.39 is 5.66 Å². The van der Waals surface area contributed by atoms with Crippen LogP contribution in [0.2, 0.25) is 0 Å². The Hall–Kier alpha value is -1.43. The zero-order valence-corrected chi connectivity index (χ0v) is 12.0. The first-order valence-electron chi connectivity index (χ1n) is 6.32. The molecular formula is C14H22N4O. The molecule has 0 aromatic heterocycles. The van der Waals surface area contributed by atoms with Crippen molar-refractivity contribution in [1.82, 2.24) is 5.01 Å². The number of hydrogen-bond acceptors (Lipinski definition) is 5. The van der Waals surface area contributed by atoms with Gasteiger partial charge in [-0.3, -0.25) is 10.0 Å². The molecule has 0 spiro atoms. The number of nitrogens with two attached hydrogens (primary N) is 2. The molecule has 0 amide bonds. The lowest BCUT2D eigenvalue weighted by Crippen LogP contribution is -2.49. The predicted molar refractivity (Wildman–Crippen MR) is 77.1 cm³/mol. The molecule has 0 bridgehead atoms. The fourth-order valence-electron chi connectivity index (χ4n) is 2.50. The molecule has 2 rings (SSSR count). The smallest absolute Gasteiger partial charge is 0.138 e. The number of nitrogens with zero attached hydrogens (tertiary/aromatic N) is 2. The molecule has 0 aliphatic carbocycles. The van der Waals surface area contributed by atoms with Gasteiger partial charge in [-0.2, -0.15) is 0 Å². The minimum absolute atomic E-state index is 0.359. The molecule has 4 N–H and O–H groups in total. The minimum atomic E-state index is -0.809. The summed E-state index contributed by atoms with van der Waals surface area (Å²) in [5.74, 6) is 5.80. The van der Waals surface area contributed by atoms with Gasteiger partial charge in [0.25, 0.3) is 0 Å². The minimum Gasteiger partial charge on any atom is -0.379 e. The van der Waals surface area contributed by atoms with Crippen LogP contribution in [0, 0.1) is 0 Å². The molecule has 0 fully saturated rings. The summed E-state index contributed by atoms with van der Waals surface area (Å²) in [7, 11) is 1.68. The summed E-state index contributed by atoms with van der Waals surface area (Å²) in [5, 5.41) is 1.50. The van der Waals surface area contributed by atoms with E-state index in [1.165, 1.54) is 5.01 Å². The van der Waals surface area contributed by atoms with E-state index in [1.54, 1.807) is 13.3 Å². The highest BCUT2D eigenvalue weighted by Gasteiger charge is 2.39. The quantitative estimate of drug-likeness (QED) is 0.755. The van der Waals surface area contributed by atoms with Crippen molar-refractivity contribution in [2.24, 2.45) is 16.6 Å². The lowest BCUT2D eigenvalue weighted by molar-refractivity contribution is 0.00235. The Bertz CT molecular complexity index is 502. The lowest BCUT2D eigenvalue weighted by Gasteiger charge is -2.39. The van der Waals surface area contributed by atoms with Crippen LogP contribution in [0.15, 0.2) is 40.7 Å². The molecule has 19 heavy (non-hydrogen) atoms. The number of fused-ring (bicyclic) bond motifs is 1. The van der Waals surface area contributed by atoms with Gasteiger partial charge >= 0.3 is 0 Å². The number of hydrazine groups is 1. The maximum atomic E-state index is 6.54. The van der Waals surface area contributed by atoms with Gasteiger partial charge in [-0.25, -0.2) is 5.84 Å². The third-order valence-corrected chi connectivity index (χ3v) is 3.47. The molecule has 0 aromatic rings. The Kier molecular flexibility index (Phi) is 3.38. The number of hydrogen-bond donors (Lipinski definition) is 2. The lowest BCUT2D eigenvalue weighted by atomic mass is 9.82. The van der Waals surface area contributed by atoms with Crippen molar-refractivity contribution in [3.8, 4) is 0 Å². The van der Waals surface area contributed by atoms with E-state index in [-0.39, 0.29) is 5.60 Å². The summed E-state index contributed by atoms with van der Waals surface area (Å²) in [5.41, 5.74) is 8.26. The van der Waals surface area contributed by atoms with Crippen LogP contribution in [-0.4, -0.2) is 29.1 Å². The zero-order chi connectivity index (χ0) is 14.3. The van der Waals surface area contributed by atoms with Gasteiger partial charge in [-0.05, 0) is 38.5 Å². The molecule has 2 heterocycles. The van der Waals surface area contributed by atoms with Gasteiger partial charge < -0.3 is 10.5 Å². The number of allylic oxidation sites excluding steroid dienone is 2. The summed E-state index contributed by atoms with van der Waals surface area (Å²) in [6, 6.07) is 0. The standard InChI is InChI=1S/C14H22N4O/c1-10-7-11-5-6-18(16)8-12(11)14(15,17-10)9-13(2,3)19-4/h5-8H,9,15-16H2,1-4H3. The van der Waals surface area contributed by atoms with E-state index in [9.17, 15) is 0 Å². The van der Waals surface area contributed by atoms with Gasteiger partial charge in [0.2, 0.25) is 0 Å². The topological polar surface area (TPSA) is 76.9 Å². The number of methoxy groups -OCH3 is 1. The first-order valence-corrected chi connectivity index (χ1v) is 6.32. The molecule has 0 aromatic carbocycles. The largest absolute Gasteiger partial charge is 0.379 e. The SMILES string of the molecule is COC(C)(C)CC1(N)N=C(C)C=C2C=CN(N)C=C21. The van der Waals surface area contributed by atoms with Crippen molar-refractivity contribution < 1.29 is 4.74 Å². The second kappa shape index (κ2) is 4.59.